The second-order valence-corrected chi connectivity index (χ2v) is 11.8. The van der Waals surface area contributed by atoms with Crippen LogP contribution in [0.1, 0.15) is 53.6 Å². The highest BCUT2D eigenvalue weighted by atomic mass is 19.4. The normalized spacial score (nSPS) is 19.3. The number of nitrogens with one attached hydrogen (secondary N) is 2. The van der Waals surface area contributed by atoms with E-state index in [0.717, 1.165) is 71.3 Å². The Bertz CT molecular complexity index is 1740. The number of aliphatic carboxylic acids is 1. The lowest BCUT2D eigenvalue weighted by Gasteiger charge is -2.35. The van der Waals surface area contributed by atoms with Crippen molar-refractivity contribution in [3.63, 3.8) is 0 Å². The molecule has 3 aromatic carbocycles. The number of nitrogens with zero attached hydrogens (tertiary/aromatic N) is 2. The van der Waals surface area contributed by atoms with Gasteiger partial charge in [-0.05, 0) is 66.3 Å². The van der Waals surface area contributed by atoms with E-state index in [2.05, 4.69) is 75.0 Å². The highest BCUT2D eigenvalue weighted by Crippen LogP contribution is 2.31. The van der Waals surface area contributed by atoms with Crippen LogP contribution in [0.2, 0.25) is 0 Å². The molecule has 2 aliphatic heterocycles. The van der Waals surface area contributed by atoms with E-state index >= 15 is 0 Å². The maximum Gasteiger partial charge on any atom is 0.490 e. The topological polar surface area (TPSA) is 119 Å². The van der Waals surface area contributed by atoms with Gasteiger partial charge in [0, 0.05) is 43.1 Å². The van der Waals surface area contributed by atoms with Crippen LogP contribution in [-0.2, 0) is 16.1 Å². The standard InChI is InChI=1S/C33H34N4O2.C2HF3O2/c1-33(39)15-17-37(18-16-33)22-24-9-7-23(8-10-24)12-14-30-27-13-11-25(20-31(27)36-35-30)19-28-29(21-34-32(28)38)26-5-3-2-4-6-26;3-2(4,5)1(6)7/h2-14,19-20,29,39H,15-18,21-22H2,1H3,(H,34,38)(H,35,36);(H,6,7)/b14-12+,28-19?;. The van der Waals surface area contributed by atoms with Crippen molar-refractivity contribution in [1.29, 1.82) is 0 Å². The molecule has 6 rings (SSSR count). The van der Waals surface area contributed by atoms with E-state index < -0.39 is 17.7 Å². The van der Waals surface area contributed by atoms with Crippen LogP contribution in [0.15, 0.2) is 78.4 Å². The molecule has 3 heterocycles. The zero-order chi connectivity index (χ0) is 32.9. The number of hydrogen-bond acceptors (Lipinski definition) is 5. The summed E-state index contributed by atoms with van der Waals surface area (Å²) in [5.41, 5.74) is 6.62. The number of likely N-dealkylation sites (tertiary alicyclic amines) is 1. The molecule has 1 unspecified atom stereocenters. The molecule has 0 spiro atoms. The van der Waals surface area contributed by atoms with Crippen LogP contribution in [0.3, 0.4) is 0 Å². The van der Waals surface area contributed by atoms with Crippen LogP contribution in [0.4, 0.5) is 13.2 Å². The van der Waals surface area contributed by atoms with E-state index in [1.807, 2.05) is 43.3 Å². The predicted molar refractivity (Wildman–Crippen MR) is 170 cm³/mol. The summed E-state index contributed by atoms with van der Waals surface area (Å²) in [4.78, 5) is 23.9. The number of carboxylic acid groups (broad SMARTS) is 1. The summed E-state index contributed by atoms with van der Waals surface area (Å²) >= 11 is 0. The Kier molecular flexibility index (Phi) is 9.74. The molecular weight excluding hydrogens is 597 g/mol. The molecule has 1 atom stereocenters. The predicted octanol–water partition coefficient (Wildman–Crippen LogP) is 6.01. The number of H-pyrrole nitrogens is 1. The second kappa shape index (κ2) is 13.7. The van der Waals surface area contributed by atoms with Gasteiger partial charge in [0.25, 0.3) is 0 Å². The zero-order valence-corrected chi connectivity index (χ0v) is 25.2. The third-order valence-electron chi connectivity index (χ3n) is 8.24. The van der Waals surface area contributed by atoms with E-state index in [0.29, 0.717) is 6.54 Å². The number of rotatable bonds is 6. The van der Waals surface area contributed by atoms with Gasteiger partial charge in [-0.15, -0.1) is 0 Å². The minimum absolute atomic E-state index is 0.00715. The average molecular weight is 633 g/mol. The number of piperidine rings is 1. The molecular formula is C35H35F3N4O4. The number of aromatic nitrogens is 2. The number of halogens is 3. The number of benzene rings is 3. The summed E-state index contributed by atoms with van der Waals surface area (Å²) in [7, 11) is 0. The minimum atomic E-state index is -5.08. The van der Waals surface area contributed by atoms with Crippen molar-refractivity contribution in [3.8, 4) is 0 Å². The molecule has 4 aromatic rings. The zero-order valence-electron chi connectivity index (χ0n) is 25.2. The van der Waals surface area contributed by atoms with E-state index in [1.165, 1.54) is 5.56 Å². The van der Waals surface area contributed by atoms with Gasteiger partial charge in [0.15, 0.2) is 0 Å². The van der Waals surface area contributed by atoms with Gasteiger partial charge >= 0.3 is 12.1 Å². The van der Waals surface area contributed by atoms with Crippen LogP contribution < -0.4 is 5.32 Å². The molecule has 1 amide bonds. The van der Waals surface area contributed by atoms with Gasteiger partial charge in [0.2, 0.25) is 5.91 Å². The minimum Gasteiger partial charge on any atom is -0.475 e. The second-order valence-electron chi connectivity index (χ2n) is 11.8. The van der Waals surface area contributed by atoms with Crippen molar-refractivity contribution in [3.05, 3.63) is 106 Å². The lowest BCUT2D eigenvalue weighted by Crippen LogP contribution is -2.41. The Balaban J connectivity index is 0.000000537. The van der Waals surface area contributed by atoms with Gasteiger partial charge < -0.3 is 15.5 Å². The van der Waals surface area contributed by atoms with Crippen LogP contribution in [0, 0.1) is 0 Å². The maximum absolute atomic E-state index is 12.6. The lowest BCUT2D eigenvalue weighted by atomic mass is 9.92. The largest absolute Gasteiger partial charge is 0.490 e. The highest BCUT2D eigenvalue weighted by Gasteiger charge is 2.38. The van der Waals surface area contributed by atoms with E-state index in [4.69, 9.17) is 9.90 Å². The number of carbonyl (C=O) groups is 2. The fraction of sp³-hybridized carbons (Fsp3) is 0.286. The van der Waals surface area contributed by atoms with Gasteiger partial charge in [-0.1, -0.05) is 66.7 Å². The maximum atomic E-state index is 12.6. The molecule has 0 bridgehead atoms. The molecule has 0 aliphatic carbocycles. The first-order valence-electron chi connectivity index (χ1n) is 14.9. The first kappa shape index (κ1) is 32.6. The number of carboxylic acids is 1. The number of alkyl halides is 3. The Labute approximate surface area is 264 Å². The van der Waals surface area contributed by atoms with Gasteiger partial charge in [0.05, 0.1) is 16.8 Å². The first-order chi connectivity index (χ1) is 21.9. The van der Waals surface area contributed by atoms with Crippen molar-refractivity contribution >= 4 is 41.0 Å². The van der Waals surface area contributed by atoms with E-state index in [1.54, 1.807) is 0 Å². The van der Waals surface area contributed by atoms with Crippen LogP contribution in [-0.4, -0.2) is 68.6 Å². The van der Waals surface area contributed by atoms with Gasteiger partial charge in [-0.3, -0.25) is 14.8 Å². The summed E-state index contributed by atoms with van der Waals surface area (Å²) in [6.07, 6.45) is 2.68. The molecule has 2 saturated heterocycles. The molecule has 0 saturated carbocycles. The van der Waals surface area contributed by atoms with Crippen molar-refractivity contribution in [2.45, 2.75) is 44.0 Å². The van der Waals surface area contributed by atoms with Crippen molar-refractivity contribution < 1.29 is 33.0 Å². The van der Waals surface area contributed by atoms with Crippen LogP contribution in [0.5, 0.6) is 0 Å². The number of fused-ring (bicyclic) bond motifs is 1. The van der Waals surface area contributed by atoms with Crippen molar-refractivity contribution in [2.24, 2.45) is 0 Å². The third kappa shape index (κ3) is 8.29. The lowest BCUT2D eigenvalue weighted by molar-refractivity contribution is -0.192. The van der Waals surface area contributed by atoms with E-state index in [-0.39, 0.29) is 11.8 Å². The van der Waals surface area contributed by atoms with Gasteiger partial charge in [0.1, 0.15) is 0 Å². The third-order valence-corrected chi connectivity index (χ3v) is 8.24. The van der Waals surface area contributed by atoms with E-state index in [9.17, 15) is 23.1 Å². The fourth-order valence-electron chi connectivity index (χ4n) is 5.53. The number of amides is 1. The number of carbonyl (C=O) groups excluding carboxylic acids is 1. The van der Waals surface area contributed by atoms with Crippen molar-refractivity contribution in [2.75, 3.05) is 19.6 Å². The molecule has 8 nitrogen and oxygen atoms in total. The smallest absolute Gasteiger partial charge is 0.475 e. The molecule has 240 valence electrons. The van der Waals surface area contributed by atoms with Gasteiger partial charge in [-0.25, -0.2) is 4.79 Å². The Morgan fingerprint density at radius 3 is 2.33 bits per heavy atom. The molecule has 2 aliphatic rings. The SMILES string of the molecule is CC1(O)CCN(Cc2ccc(/C=C/c3n[nH]c4cc(C=C5C(=O)NCC5c5ccccc5)ccc34)cc2)CC1.O=C(O)C(F)(F)F. The monoisotopic (exact) mass is 632 g/mol. The quantitative estimate of drug-likeness (QED) is 0.194. The summed E-state index contributed by atoms with van der Waals surface area (Å²) in [6.45, 7) is 5.33. The number of aromatic amines is 1. The molecule has 2 fully saturated rings. The highest BCUT2D eigenvalue weighted by molar-refractivity contribution is 6.02. The van der Waals surface area contributed by atoms with Crippen LogP contribution >= 0.6 is 0 Å². The molecule has 4 N–H and O–H groups in total. The fourth-order valence-corrected chi connectivity index (χ4v) is 5.53. The summed E-state index contributed by atoms with van der Waals surface area (Å²) in [6, 6.07) is 25.0. The Morgan fingerprint density at radius 1 is 1.02 bits per heavy atom. The van der Waals surface area contributed by atoms with Crippen molar-refractivity contribution in [1.82, 2.24) is 20.4 Å². The number of hydrogen-bond donors (Lipinski definition) is 4. The van der Waals surface area contributed by atoms with Crippen LogP contribution in [0.25, 0.3) is 29.1 Å². The summed E-state index contributed by atoms with van der Waals surface area (Å²) in [5.74, 6) is -2.71. The Hall–Kier alpha value is -4.74. The number of aliphatic hydroxyl groups is 1. The molecule has 11 heteroatoms. The molecule has 0 radical (unpaired) electrons. The molecule has 46 heavy (non-hydrogen) atoms. The first-order valence-corrected chi connectivity index (χ1v) is 14.9. The summed E-state index contributed by atoms with van der Waals surface area (Å²) < 4.78 is 31.7. The summed E-state index contributed by atoms with van der Waals surface area (Å²) in [5, 5.41) is 29.0. The van der Waals surface area contributed by atoms with Gasteiger partial charge in [-0.2, -0.15) is 18.3 Å². The molecule has 1 aromatic heterocycles. The average Bonchev–Trinajstić information content (AvgIpc) is 3.60. The Morgan fingerprint density at radius 2 is 1.67 bits per heavy atom.